The van der Waals surface area contributed by atoms with Crippen LogP contribution in [0.25, 0.3) is 5.65 Å². The Morgan fingerprint density at radius 3 is 2.56 bits per heavy atom. The monoisotopic (exact) mass is 498 g/mol. The van der Waals surface area contributed by atoms with Crippen molar-refractivity contribution in [3.63, 3.8) is 0 Å². The first-order valence-corrected chi connectivity index (χ1v) is 8.86. The standard InChI is InChI=1S/C19H23ClN6.HI/c1-19(2,14-7-9-15(20)10-8-14)13-23-18(21-3)22-12-17-25-24-16-6-4-5-11-26(16)17;/h4-11H,12-13H2,1-3H3,(H2,21,22,23);1H. The Morgan fingerprint density at radius 2 is 1.85 bits per heavy atom. The summed E-state index contributed by atoms with van der Waals surface area (Å²) in [4.78, 5) is 4.29. The van der Waals surface area contributed by atoms with Gasteiger partial charge in [0.2, 0.25) is 0 Å². The number of nitrogens with one attached hydrogen (secondary N) is 2. The topological polar surface area (TPSA) is 66.6 Å². The lowest BCUT2D eigenvalue weighted by molar-refractivity contribution is 0.508. The van der Waals surface area contributed by atoms with E-state index in [1.807, 2.05) is 40.9 Å². The Bertz CT molecular complexity index is 904. The molecule has 0 aliphatic carbocycles. The van der Waals surface area contributed by atoms with Crippen LogP contribution in [0.15, 0.2) is 53.7 Å². The maximum atomic E-state index is 5.99. The van der Waals surface area contributed by atoms with Crippen molar-refractivity contribution >= 4 is 47.2 Å². The zero-order valence-corrected chi connectivity index (χ0v) is 18.7. The second-order valence-corrected chi connectivity index (χ2v) is 7.15. The van der Waals surface area contributed by atoms with Crippen LogP contribution in [0.3, 0.4) is 0 Å². The van der Waals surface area contributed by atoms with Gasteiger partial charge in [-0.1, -0.05) is 43.6 Å². The fourth-order valence-electron chi connectivity index (χ4n) is 2.70. The van der Waals surface area contributed by atoms with Crippen molar-refractivity contribution in [1.29, 1.82) is 0 Å². The molecule has 0 saturated carbocycles. The zero-order chi connectivity index (χ0) is 18.6. The van der Waals surface area contributed by atoms with Crippen molar-refractivity contribution in [2.75, 3.05) is 13.6 Å². The smallest absolute Gasteiger partial charge is 0.191 e. The highest BCUT2D eigenvalue weighted by molar-refractivity contribution is 14.0. The maximum absolute atomic E-state index is 5.99. The number of hydrogen-bond donors (Lipinski definition) is 2. The largest absolute Gasteiger partial charge is 0.356 e. The molecule has 3 aromatic rings. The lowest BCUT2D eigenvalue weighted by atomic mass is 9.85. The van der Waals surface area contributed by atoms with Crippen molar-refractivity contribution in [2.24, 2.45) is 4.99 Å². The van der Waals surface area contributed by atoms with Crippen LogP contribution in [0, 0.1) is 0 Å². The third kappa shape index (κ3) is 5.32. The molecule has 0 bridgehead atoms. The first kappa shape index (κ1) is 21.4. The van der Waals surface area contributed by atoms with E-state index < -0.39 is 0 Å². The minimum atomic E-state index is -0.0657. The van der Waals surface area contributed by atoms with E-state index in [0.717, 1.165) is 29.0 Å². The highest BCUT2D eigenvalue weighted by atomic mass is 127. The molecule has 8 heteroatoms. The van der Waals surface area contributed by atoms with Gasteiger partial charge in [0.05, 0.1) is 6.54 Å². The molecule has 3 rings (SSSR count). The van der Waals surface area contributed by atoms with Crippen molar-refractivity contribution < 1.29 is 0 Å². The molecular weight excluding hydrogens is 475 g/mol. The number of nitrogens with zero attached hydrogens (tertiary/aromatic N) is 4. The molecule has 0 amide bonds. The summed E-state index contributed by atoms with van der Waals surface area (Å²) in [6, 6.07) is 13.8. The number of fused-ring (bicyclic) bond motifs is 1. The molecule has 2 aromatic heterocycles. The lowest BCUT2D eigenvalue weighted by Crippen LogP contribution is -2.43. The predicted octanol–water partition coefficient (Wildman–Crippen LogP) is 3.64. The predicted molar refractivity (Wildman–Crippen MR) is 121 cm³/mol. The number of halogens is 2. The van der Waals surface area contributed by atoms with E-state index in [-0.39, 0.29) is 29.4 Å². The van der Waals surface area contributed by atoms with E-state index in [1.165, 1.54) is 5.56 Å². The van der Waals surface area contributed by atoms with E-state index in [1.54, 1.807) is 7.05 Å². The molecule has 144 valence electrons. The summed E-state index contributed by atoms with van der Waals surface area (Å²) < 4.78 is 1.96. The summed E-state index contributed by atoms with van der Waals surface area (Å²) >= 11 is 5.99. The number of rotatable bonds is 5. The summed E-state index contributed by atoms with van der Waals surface area (Å²) in [6.07, 6.45) is 1.95. The van der Waals surface area contributed by atoms with E-state index in [2.05, 4.69) is 51.8 Å². The van der Waals surface area contributed by atoms with Crippen molar-refractivity contribution in [3.8, 4) is 0 Å². The maximum Gasteiger partial charge on any atom is 0.191 e. The molecular formula is C19H24ClIN6. The molecule has 0 radical (unpaired) electrons. The Morgan fingerprint density at radius 1 is 1.11 bits per heavy atom. The molecule has 0 aliphatic rings. The van der Waals surface area contributed by atoms with Gasteiger partial charge in [0.25, 0.3) is 0 Å². The van der Waals surface area contributed by atoms with Gasteiger partial charge in [0, 0.05) is 30.2 Å². The average Bonchev–Trinajstić information content (AvgIpc) is 3.05. The molecule has 0 unspecified atom stereocenters. The second-order valence-electron chi connectivity index (χ2n) is 6.72. The summed E-state index contributed by atoms with van der Waals surface area (Å²) in [5, 5.41) is 15.8. The van der Waals surface area contributed by atoms with Crippen LogP contribution in [0.1, 0.15) is 25.2 Å². The third-order valence-corrected chi connectivity index (χ3v) is 4.60. The fourth-order valence-corrected chi connectivity index (χ4v) is 2.83. The van der Waals surface area contributed by atoms with E-state index in [4.69, 9.17) is 11.6 Å². The van der Waals surface area contributed by atoms with Crippen LogP contribution in [0.4, 0.5) is 0 Å². The molecule has 1 aromatic carbocycles. The Hall–Kier alpha value is -1.87. The Kier molecular flexibility index (Phi) is 7.43. The van der Waals surface area contributed by atoms with Gasteiger partial charge in [0.15, 0.2) is 17.4 Å². The molecule has 0 spiro atoms. The number of guanidine groups is 1. The lowest BCUT2D eigenvalue weighted by Gasteiger charge is -2.26. The Balaban J connectivity index is 0.00000261. The molecule has 0 saturated heterocycles. The van der Waals surface area contributed by atoms with E-state index in [9.17, 15) is 0 Å². The summed E-state index contributed by atoms with van der Waals surface area (Å²) in [6.45, 7) is 5.63. The highest BCUT2D eigenvalue weighted by Crippen LogP contribution is 2.23. The second kappa shape index (κ2) is 9.36. The first-order valence-electron chi connectivity index (χ1n) is 8.49. The third-order valence-electron chi connectivity index (χ3n) is 4.35. The van der Waals surface area contributed by atoms with Crippen LogP contribution in [-0.2, 0) is 12.0 Å². The van der Waals surface area contributed by atoms with Crippen LogP contribution < -0.4 is 10.6 Å². The van der Waals surface area contributed by atoms with Crippen LogP contribution in [0.2, 0.25) is 5.02 Å². The number of aromatic nitrogens is 3. The van der Waals surface area contributed by atoms with Gasteiger partial charge < -0.3 is 10.6 Å². The Labute approximate surface area is 181 Å². The normalized spacial score (nSPS) is 11.9. The molecule has 2 heterocycles. The van der Waals surface area contributed by atoms with Gasteiger partial charge >= 0.3 is 0 Å². The van der Waals surface area contributed by atoms with Gasteiger partial charge in [-0.05, 0) is 29.8 Å². The van der Waals surface area contributed by atoms with E-state index in [0.29, 0.717) is 6.54 Å². The van der Waals surface area contributed by atoms with Gasteiger partial charge in [-0.2, -0.15) is 0 Å². The molecule has 27 heavy (non-hydrogen) atoms. The van der Waals surface area contributed by atoms with Crippen molar-refractivity contribution in [3.05, 3.63) is 65.1 Å². The number of hydrogen-bond acceptors (Lipinski definition) is 3. The SMILES string of the molecule is CN=C(NCc1nnc2ccccn12)NCC(C)(C)c1ccc(Cl)cc1.I. The summed E-state index contributed by atoms with van der Waals surface area (Å²) in [5.74, 6) is 1.56. The molecule has 0 aliphatic heterocycles. The quantitative estimate of drug-likeness (QED) is 0.320. The number of aliphatic imine (C=N–C) groups is 1. The van der Waals surface area contributed by atoms with Crippen LogP contribution in [0.5, 0.6) is 0 Å². The number of benzene rings is 1. The van der Waals surface area contributed by atoms with Gasteiger partial charge in [-0.3, -0.25) is 9.39 Å². The molecule has 0 fully saturated rings. The summed E-state index contributed by atoms with van der Waals surface area (Å²) in [7, 11) is 1.76. The minimum Gasteiger partial charge on any atom is -0.356 e. The van der Waals surface area contributed by atoms with Gasteiger partial charge in [-0.25, -0.2) is 0 Å². The highest BCUT2D eigenvalue weighted by Gasteiger charge is 2.21. The molecule has 6 nitrogen and oxygen atoms in total. The minimum absolute atomic E-state index is 0. The van der Waals surface area contributed by atoms with Crippen LogP contribution >= 0.6 is 35.6 Å². The molecule has 0 atom stereocenters. The molecule has 2 N–H and O–H groups in total. The van der Waals surface area contributed by atoms with Crippen molar-refractivity contribution in [2.45, 2.75) is 25.8 Å². The first-order chi connectivity index (χ1) is 12.5. The number of pyridine rings is 1. The van der Waals surface area contributed by atoms with E-state index >= 15 is 0 Å². The summed E-state index contributed by atoms with van der Waals surface area (Å²) in [5.41, 5.74) is 1.98. The zero-order valence-electron chi connectivity index (χ0n) is 15.6. The van der Waals surface area contributed by atoms with Crippen molar-refractivity contribution in [1.82, 2.24) is 25.2 Å². The van der Waals surface area contributed by atoms with Gasteiger partial charge in [-0.15, -0.1) is 34.2 Å². The fraction of sp³-hybridized carbons (Fsp3) is 0.316. The van der Waals surface area contributed by atoms with Crippen LogP contribution in [-0.4, -0.2) is 34.2 Å². The average molecular weight is 499 g/mol. The van der Waals surface area contributed by atoms with Gasteiger partial charge in [0.1, 0.15) is 0 Å².